The summed E-state index contributed by atoms with van der Waals surface area (Å²) in [5, 5.41) is 20.7. The fourth-order valence-corrected chi connectivity index (χ4v) is 2.26. The Bertz CT molecular complexity index is 705. The molecule has 0 fully saturated rings. The van der Waals surface area contributed by atoms with Crippen molar-refractivity contribution in [2.24, 2.45) is 0 Å². The molecule has 0 atom stereocenters. The fraction of sp³-hybridized carbons (Fsp3) is 0. The maximum atomic E-state index is 9.29. The second-order valence-corrected chi connectivity index (χ2v) is 4.22. The first kappa shape index (κ1) is 10.7. The molecule has 17 heavy (non-hydrogen) atoms. The third kappa shape index (κ3) is 1.53. The van der Waals surface area contributed by atoms with Crippen LogP contribution in [0.5, 0.6) is 0 Å². The van der Waals surface area contributed by atoms with Crippen molar-refractivity contribution < 1.29 is 14.5 Å². The molecule has 0 bridgehead atoms. The minimum absolute atomic E-state index is 0.320. The van der Waals surface area contributed by atoms with Gasteiger partial charge in [-0.25, -0.2) is 0 Å². The molecule has 0 unspecified atom stereocenters. The van der Waals surface area contributed by atoms with E-state index < -0.39 is 7.12 Å². The molecule has 2 N–H and O–H groups in total. The van der Waals surface area contributed by atoms with Crippen LogP contribution in [0.2, 0.25) is 5.02 Å². The lowest BCUT2D eigenvalue weighted by molar-refractivity contribution is 0.425. The van der Waals surface area contributed by atoms with Gasteiger partial charge in [0.25, 0.3) is 0 Å². The number of rotatable bonds is 1. The monoisotopic (exact) mass is 246 g/mol. The molecule has 0 amide bonds. The van der Waals surface area contributed by atoms with E-state index >= 15 is 0 Å². The second kappa shape index (κ2) is 3.77. The van der Waals surface area contributed by atoms with Crippen molar-refractivity contribution >= 4 is 46.1 Å². The van der Waals surface area contributed by atoms with E-state index in [-0.39, 0.29) is 0 Å². The van der Waals surface area contributed by atoms with Crippen molar-refractivity contribution in [3.05, 3.63) is 41.4 Å². The molecule has 0 radical (unpaired) electrons. The smallest absolute Gasteiger partial charge is 0.456 e. The van der Waals surface area contributed by atoms with Crippen LogP contribution >= 0.6 is 11.6 Å². The fourth-order valence-electron chi connectivity index (χ4n) is 2.01. The summed E-state index contributed by atoms with van der Waals surface area (Å²) in [4.78, 5) is 0. The number of para-hydroxylation sites is 1. The standard InChI is InChI=1S/C12H8BClO3/c14-9-6-5-8(13(15)16)12-11(9)7-3-1-2-4-10(7)17-12/h1-6,15-16H. The quantitative estimate of drug-likeness (QED) is 0.645. The highest BCUT2D eigenvalue weighted by Gasteiger charge is 2.20. The summed E-state index contributed by atoms with van der Waals surface area (Å²) in [6, 6.07) is 10.6. The predicted molar refractivity (Wildman–Crippen MR) is 68.6 cm³/mol. The normalized spacial score (nSPS) is 11.2. The Hall–Kier alpha value is -1.49. The molecule has 0 spiro atoms. The summed E-state index contributed by atoms with van der Waals surface area (Å²) in [7, 11) is -1.57. The van der Waals surface area contributed by atoms with Gasteiger partial charge in [0.2, 0.25) is 0 Å². The minimum Gasteiger partial charge on any atom is -0.456 e. The number of halogens is 1. The topological polar surface area (TPSA) is 53.6 Å². The number of hydrogen-bond acceptors (Lipinski definition) is 3. The highest BCUT2D eigenvalue weighted by Crippen LogP contribution is 2.32. The summed E-state index contributed by atoms with van der Waals surface area (Å²) in [6.07, 6.45) is 0. The summed E-state index contributed by atoms with van der Waals surface area (Å²) in [6.45, 7) is 0. The van der Waals surface area contributed by atoms with Crippen LogP contribution in [0, 0.1) is 0 Å². The summed E-state index contributed by atoms with van der Waals surface area (Å²) < 4.78 is 5.62. The molecule has 0 aliphatic rings. The van der Waals surface area contributed by atoms with E-state index in [1.54, 1.807) is 12.1 Å². The van der Waals surface area contributed by atoms with Gasteiger partial charge >= 0.3 is 7.12 Å². The number of benzene rings is 2. The van der Waals surface area contributed by atoms with Crippen LogP contribution in [0.3, 0.4) is 0 Å². The van der Waals surface area contributed by atoms with Gasteiger partial charge in [-0.15, -0.1) is 0 Å². The van der Waals surface area contributed by atoms with Gasteiger partial charge in [0.1, 0.15) is 11.2 Å². The van der Waals surface area contributed by atoms with E-state index in [0.29, 0.717) is 27.0 Å². The molecule has 5 heteroatoms. The van der Waals surface area contributed by atoms with Crippen molar-refractivity contribution in [2.75, 3.05) is 0 Å². The molecule has 0 aliphatic carbocycles. The van der Waals surface area contributed by atoms with Gasteiger partial charge < -0.3 is 14.5 Å². The van der Waals surface area contributed by atoms with Crippen LogP contribution in [0.15, 0.2) is 40.8 Å². The van der Waals surface area contributed by atoms with Crippen LogP contribution in [0.4, 0.5) is 0 Å². The van der Waals surface area contributed by atoms with Crippen molar-refractivity contribution in [1.29, 1.82) is 0 Å². The summed E-state index contributed by atoms with van der Waals surface area (Å²) >= 11 is 6.13. The second-order valence-electron chi connectivity index (χ2n) is 3.81. The SMILES string of the molecule is OB(O)c1ccc(Cl)c2c1oc1ccccc12. The van der Waals surface area contributed by atoms with E-state index in [4.69, 9.17) is 16.0 Å². The van der Waals surface area contributed by atoms with E-state index in [1.807, 2.05) is 24.3 Å². The molecule has 1 heterocycles. The largest absolute Gasteiger partial charge is 0.492 e. The molecule has 1 aromatic heterocycles. The van der Waals surface area contributed by atoms with Crippen LogP contribution in [0.25, 0.3) is 21.9 Å². The Morgan fingerprint density at radius 2 is 1.82 bits per heavy atom. The summed E-state index contributed by atoms with van der Waals surface area (Å²) in [5.41, 5.74) is 1.42. The number of hydrogen-bond donors (Lipinski definition) is 2. The summed E-state index contributed by atoms with van der Waals surface area (Å²) in [5.74, 6) is 0. The Labute approximate surface area is 102 Å². The van der Waals surface area contributed by atoms with Gasteiger partial charge in [0.05, 0.1) is 5.02 Å². The number of furan rings is 1. The van der Waals surface area contributed by atoms with Crippen LogP contribution in [-0.4, -0.2) is 17.2 Å². The first-order chi connectivity index (χ1) is 8.18. The minimum atomic E-state index is -1.57. The molecule has 3 rings (SSSR count). The van der Waals surface area contributed by atoms with Crippen molar-refractivity contribution in [2.45, 2.75) is 0 Å². The van der Waals surface area contributed by atoms with Crippen LogP contribution in [-0.2, 0) is 0 Å². The predicted octanol–water partition coefficient (Wildman–Crippen LogP) is 1.92. The molecule has 0 saturated carbocycles. The van der Waals surface area contributed by atoms with Gasteiger partial charge in [-0.2, -0.15) is 0 Å². The third-order valence-electron chi connectivity index (χ3n) is 2.78. The molecule has 2 aromatic carbocycles. The lowest BCUT2D eigenvalue weighted by Gasteiger charge is -2.01. The van der Waals surface area contributed by atoms with Crippen molar-refractivity contribution in [3.63, 3.8) is 0 Å². The van der Waals surface area contributed by atoms with Crippen LogP contribution in [0.1, 0.15) is 0 Å². The van der Waals surface area contributed by atoms with Crippen molar-refractivity contribution in [1.82, 2.24) is 0 Å². The van der Waals surface area contributed by atoms with Gasteiger partial charge in [0, 0.05) is 16.2 Å². The van der Waals surface area contributed by atoms with Crippen LogP contribution < -0.4 is 5.46 Å². The molecule has 0 aliphatic heterocycles. The van der Waals surface area contributed by atoms with E-state index in [2.05, 4.69) is 0 Å². The Morgan fingerprint density at radius 1 is 1.06 bits per heavy atom. The highest BCUT2D eigenvalue weighted by molar-refractivity contribution is 6.62. The molecular weight excluding hydrogens is 238 g/mol. The first-order valence-electron chi connectivity index (χ1n) is 5.14. The lowest BCUT2D eigenvalue weighted by Crippen LogP contribution is -2.30. The van der Waals surface area contributed by atoms with E-state index in [9.17, 15) is 10.0 Å². The zero-order valence-electron chi connectivity index (χ0n) is 8.72. The molecule has 3 aromatic rings. The lowest BCUT2D eigenvalue weighted by atomic mass is 9.79. The molecule has 0 saturated heterocycles. The molecule has 3 nitrogen and oxygen atoms in total. The Kier molecular flexibility index (Phi) is 2.36. The van der Waals surface area contributed by atoms with Gasteiger partial charge in [-0.05, 0) is 12.1 Å². The van der Waals surface area contributed by atoms with E-state index in [0.717, 1.165) is 5.39 Å². The van der Waals surface area contributed by atoms with Gasteiger partial charge in [0.15, 0.2) is 0 Å². The first-order valence-corrected chi connectivity index (χ1v) is 5.52. The maximum absolute atomic E-state index is 9.29. The number of fused-ring (bicyclic) bond motifs is 3. The third-order valence-corrected chi connectivity index (χ3v) is 3.10. The van der Waals surface area contributed by atoms with Gasteiger partial charge in [-0.3, -0.25) is 0 Å². The Morgan fingerprint density at radius 3 is 2.59 bits per heavy atom. The van der Waals surface area contributed by atoms with Crippen molar-refractivity contribution in [3.8, 4) is 0 Å². The average molecular weight is 246 g/mol. The highest BCUT2D eigenvalue weighted by atomic mass is 35.5. The zero-order chi connectivity index (χ0) is 12.0. The molecule has 84 valence electrons. The van der Waals surface area contributed by atoms with E-state index in [1.165, 1.54) is 0 Å². The van der Waals surface area contributed by atoms with Gasteiger partial charge in [-0.1, -0.05) is 35.9 Å². The average Bonchev–Trinajstić information content (AvgIpc) is 2.68. The maximum Gasteiger partial charge on any atom is 0.492 e. The molecular formula is C12H8BClO3. The Balaban J connectivity index is 2.54. The zero-order valence-corrected chi connectivity index (χ0v) is 9.48.